The first-order chi connectivity index (χ1) is 9.40. The van der Waals surface area contributed by atoms with Crippen LogP contribution in [0, 0.1) is 0 Å². The van der Waals surface area contributed by atoms with Gasteiger partial charge in [-0.15, -0.1) is 0 Å². The molecule has 2 heterocycles. The molecule has 20 heavy (non-hydrogen) atoms. The zero-order chi connectivity index (χ0) is 15.1. The van der Waals surface area contributed by atoms with Crippen LogP contribution in [0.1, 0.15) is 39.8 Å². The molecule has 2 aromatic heterocycles. The Morgan fingerprint density at radius 2 is 1.15 bits per heavy atom. The maximum absolute atomic E-state index is 10.5. The van der Waals surface area contributed by atoms with Gasteiger partial charge in [-0.2, -0.15) is 9.97 Å². The fourth-order valence-electron chi connectivity index (χ4n) is 1.32. The van der Waals surface area contributed by atoms with Crippen molar-refractivity contribution in [3.8, 4) is 0 Å². The highest BCUT2D eigenvalue weighted by Crippen LogP contribution is 1.98. The lowest BCUT2D eigenvalue weighted by Gasteiger charge is -2.06. The van der Waals surface area contributed by atoms with Crippen molar-refractivity contribution in [2.24, 2.45) is 0 Å². The molecule has 0 radical (unpaired) electrons. The minimum Gasteiger partial charge on any atom is -0.336 e. The van der Waals surface area contributed by atoms with Gasteiger partial charge < -0.3 is 9.13 Å². The summed E-state index contributed by atoms with van der Waals surface area (Å²) in [5, 5.41) is 0. The Balaban J connectivity index is 0.000000200. The Kier molecular flexibility index (Phi) is 5.83. The second kappa shape index (κ2) is 7.37. The fourth-order valence-corrected chi connectivity index (χ4v) is 1.32. The molecule has 0 amide bonds. The molecule has 2 rings (SSSR count). The summed E-state index contributed by atoms with van der Waals surface area (Å²) in [6.45, 7) is 8.14. The van der Waals surface area contributed by atoms with Crippen molar-refractivity contribution in [1.29, 1.82) is 0 Å². The van der Waals surface area contributed by atoms with Gasteiger partial charge in [0.1, 0.15) is 0 Å². The summed E-state index contributed by atoms with van der Waals surface area (Å²) in [5.41, 5.74) is -0.367. The third-order valence-electron chi connectivity index (χ3n) is 2.61. The maximum Gasteiger partial charge on any atom is 0.272 e. The predicted molar refractivity (Wildman–Crippen MR) is 77.8 cm³/mol. The van der Waals surface area contributed by atoms with Crippen LogP contribution in [0.4, 0.5) is 0 Å². The second-order valence-electron chi connectivity index (χ2n) is 4.88. The summed E-state index contributed by atoms with van der Waals surface area (Å²) in [5.74, 6) is 0. The summed E-state index contributed by atoms with van der Waals surface area (Å²) in [6.07, 6.45) is 6.57. The average molecular weight is 276 g/mol. The van der Waals surface area contributed by atoms with Crippen LogP contribution >= 0.6 is 0 Å². The zero-order valence-electron chi connectivity index (χ0n) is 12.2. The number of aromatic nitrogens is 4. The SMILES string of the molecule is CC(C)n1ccc(=O)nc1.CC(C)n1ccc(=O)nc1. The van der Waals surface area contributed by atoms with E-state index in [0.29, 0.717) is 12.1 Å². The molecule has 0 fully saturated rings. The standard InChI is InChI=1S/2C7H10N2O/c2*1-6(2)9-4-3-7(10)8-5-9/h2*3-6H,1-2H3. The molecule has 0 N–H and O–H groups in total. The van der Waals surface area contributed by atoms with Crippen LogP contribution in [0.15, 0.2) is 46.8 Å². The van der Waals surface area contributed by atoms with E-state index in [1.54, 1.807) is 25.0 Å². The first-order valence-corrected chi connectivity index (χ1v) is 6.47. The van der Waals surface area contributed by atoms with Crippen LogP contribution in [-0.2, 0) is 0 Å². The third kappa shape index (κ3) is 5.17. The Bertz CT molecular complexity index is 546. The van der Waals surface area contributed by atoms with E-state index in [4.69, 9.17) is 0 Å². The van der Waals surface area contributed by atoms with Crippen molar-refractivity contribution in [2.75, 3.05) is 0 Å². The lowest BCUT2D eigenvalue weighted by Crippen LogP contribution is -2.09. The molecular formula is C14H20N4O2. The van der Waals surface area contributed by atoms with Gasteiger partial charge in [0.05, 0.1) is 12.7 Å². The van der Waals surface area contributed by atoms with Gasteiger partial charge in [0.15, 0.2) is 0 Å². The van der Waals surface area contributed by atoms with Gasteiger partial charge in [-0.25, -0.2) is 0 Å². The molecule has 6 nitrogen and oxygen atoms in total. The summed E-state index contributed by atoms with van der Waals surface area (Å²) in [6, 6.07) is 3.65. The van der Waals surface area contributed by atoms with Crippen LogP contribution in [0.3, 0.4) is 0 Å². The Labute approximate surface area is 117 Å². The molecule has 0 spiro atoms. The van der Waals surface area contributed by atoms with Crippen molar-refractivity contribution in [2.45, 2.75) is 39.8 Å². The van der Waals surface area contributed by atoms with Crippen molar-refractivity contribution in [3.05, 3.63) is 57.9 Å². The first kappa shape index (κ1) is 15.8. The number of hydrogen-bond donors (Lipinski definition) is 0. The van der Waals surface area contributed by atoms with E-state index < -0.39 is 0 Å². The van der Waals surface area contributed by atoms with Crippen molar-refractivity contribution in [1.82, 2.24) is 19.1 Å². The molecular weight excluding hydrogens is 256 g/mol. The smallest absolute Gasteiger partial charge is 0.272 e. The average Bonchev–Trinajstić information content (AvgIpc) is 2.40. The molecule has 0 aromatic carbocycles. The summed E-state index contributed by atoms with van der Waals surface area (Å²) in [7, 11) is 0. The maximum atomic E-state index is 10.5. The highest BCUT2D eigenvalue weighted by atomic mass is 16.1. The summed E-state index contributed by atoms with van der Waals surface area (Å²) >= 11 is 0. The molecule has 0 saturated carbocycles. The highest BCUT2D eigenvalue weighted by molar-refractivity contribution is 4.83. The molecule has 0 bridgehead atoms. The largest absolute Gasteiger partial charge is 0.336 e. The molecule has 108 valence electrons. The van der Waals surface area contributed by atoms with Gasteiger partial charge in [0.25, 0.3) is 11.1 Å². The number of rotatable bonds is 2. The first-order valence-electron chi connectivity index (χ1n) is 6.47. The molecule has 0 aliphatic heterocycles. The van der Waals surface area contributed by atoms with Crippen LogP contribution in [0.5, 0.6) is 0 Å². The lowest BCUT2D eigenvalue weighted by molar-refractivity contribution is 0.583. The fraction of sp³-hybridized carbons (Fsp3) is 0.429. The third-order valence-corrected chi connectivity index (χ3v) is 2.61. The van der Waals surface area contributed by atoms with Crippen molar-refractivity contribution in [3.63, 3.8) is 0 Å². The molecule has 0 saturated heterocycles. The second-order valence-corrected chi connectivity index (χ2v) is 4.88. The zero-order valence-corrected chi connectivity index (χ0v) is 12.2. The minimum atomic E-state index is -0.183. The van der Waals surface area contributed by atoms with E-state index in [2.05, 4.69) is 9.97 Å². The minimum absolute atomic E-state index is 0.183. The highest BCUT2D eigenvalue weighted by Gasteiger charge is 1.93. The van der Waals surface area contributed by atoms with Crippen molar-refractivity contribution < 1.29 is 0 Å². The van der Waals surface area contributed by atoms with Crippen LogP contribution < -0.4 is 11.1 Å². The van der Waals surface area contributed by atoms with Crippen molar-refractivity contribution >= 4 is 0 Å². The Morgan fingerprint density at radius 1 is 0.800 bits per heavy atom. The molecule has 6 heteroatoms. The lowest BCUT2D eigenvalue weighted by atomic mass is 10.4. The Hall–Kier alpha value is -2.24. The summed E-state index contributed by atoms with van der Waals surface area (Å²) < 4.78 is 3.75. The van der Waals surface area contributed by atoms with E-state index >= 15 is 0 Å². The number of nitrogens with zero attached hydrogens (tertiary/aromatic N) is 4. The van der Waals surface area contributed by atoms with E-state index in [0.717, 1.165) is 0 Å². The normalized spacial score (nSPS) is 10.3. The van der Waals surface area contributed by atoms with Gasteiger partial charge in [-0.05, 0) is 27.7 Å². The van der Waals surface area contributed by atoms with Crippen LogP contribution in [0.25, 0.3) is 0 Å². The monoisotopic (exact) mass is 276 g/mol. The molecule has 0 aliphatic rings. The van der Waals surface area contributed by atoms with Gasteiger partial charge in [0.2, 0.25) is 0 Å². The van der Waals surface area contributed by atoms with Gasteiger partial charge in [0, 0.05) is 36.6 Å². The van der Waals surface area contributed by atoms with E-state index in [1.165, 1.54) is 12.1 Å². The van der Waals surface area contributed by atoms with Crippen LogP contribution in [0.2, 0.25) is 0 Å². The quantitative estimate of drug-likeness (QED) is 0.836. The van der Waals surface area contributed by atoms with E-state index in [9.17, 15) is 9.59 Å². The predicted octanol–water partition coefficient (Wildman–Crippen LogP) is 1.65. The topological polar surface area (TPSA) is 69.8 Å². The Morgan fingerprint density at radius 3 is 1.35 bits per heavy atom. The van der Waals surface area contributed by atoms with Gasteiger partial charge >= 0.3 is 0 Å². The summed E-state index contributed by atoms with van der Waals surface area (Å²) in [4.78, 5) is 28.3. The molecule has 0 aliphatic carbocycles. The number of hydrogen-bond acceptors (Lipinski definition) is 4. The molecule has 2 aromatic rings. The van der Waals surface area contributed by atoms with E-state index in [1.807, 2.05) is 36.8 Å². The van der Waals surface area contributed by atoms with E-state index in [-0.39, 0.29) is 11.1 Å². The molecule has 0 unspecified atom stereocenters. The van der Waals surface area contributed by atoms with Gasteiger partial charge in [-0.3, -0.25) is 9.59 Å². The molecule has 0 atom stereocenters. The van der Waals surface area contributed by atoms with Gasteiger partial charge in [-0.1, -0.05) is 0 Å². The van der Waals surface area contributed by atoms with Crippen LogP contribution in [-0.4, -0.2) is 19.1 Å².